The summed E-state index contributed by atoms with van der Waals surface area (Å²) in [5, 5.41) is 7.29. The summed E-state index contributed by atoms with van der Waals surface area (Å²) in [6, 6.07) is 7.12. The zero-order valence-electron chi connectivity index (χ0n) is 20.7. The molecule has 0 spiro atoms. The van der Waals surface area contributed by atoms with Gasteiger partial charge >= 0.3 is 0 Å². The van der Waals surface area contributed by atoms with Gasteiger partial charge in [0.15, 0.2) is 0 Å². The molecule has 0 unspecified atom stereocenters. The number of benzene rings is 1. The van der Waals surface area contributed by atoms with Gasteiger partial charge in [-0.05, 0) is 44.0 Å². The van der Waals surface area contributed by atoms with E-state index in [0.717, 1.165) is 48.3 Å². The summed E-state index contributed by atoms with van der Waals surface area (Å²) in [5.74, 6) is 0.0174. The Labute approximate surface area is 205 Å². The minimum atomic E-state index is -0.485. The third-order valence-corrected chi connectivity index (χ3v) is 6.23. The molecule has 4 rings (SSSR count). The van der Waals surface area contributed by atoms with E-state index in [1.165, 1.54) is 0 Å². The van der Waals surface area contributed by atoms with Crippen LogP contribution in [0.4, 0.5) is 11.6 Å². The fourth-order valence-electron chi connectivity index (χ4n) is 4.50. The highest BCUT2D eigenvalue weighted by molar-refractivity contribution is 5.94. The number of nitrogens with one attached hydrogen (secondary N) is 1. The van der Waals surface area contributed by atoms with E-state index < -0.39 is 5.91 Å². The van der Waals surface area contributed by atoms with Crippen LogP contribution in [0.25, 0.3) is 11.1 Å². The monoisotopic (exact) mass is 476 g/mol. The zero-order chi connectivity index (χ0) is 25.1. The predicted molar refractivity (Wildman–Crippen MR) is 135 cm³/mol. The van der Waals surface area contributed by atoms with E-state index in [9.17, 15) is 9.59 Å². The summed E-state index contributed by atoms with van der Waals surface area (Å²) in [7, 11) is 5.62. The number of nitrogens with zero attached hydrogens (tertiary/aromatic N) is 6. The Morgan fingerprint density at radius 1 is 1.26 bits per heavy atom. The molecule has 1 aliphatic rings. The van der Waals surface area contributed by atoms with Crippen LogP contribution in [-0.2, 0) is 11.8 Å². The molecule has 0 aliphatic carbocycles. The smallest absolute Gasteiger partial charge is 0.248 e. The molecule has 35 heavy (non-hydrogen) atoms. The van der Waals surface area contributed by atoms with Crippen LogP contribution >= 0.6 is 0 Å². The molecule has 3 heterocycles. The van der Waals surface area contributed by atoms with E-state index >= 15 is 0 Å². The topological polar surface area (TPSA) is 122 Å². The molecule has 1 aliphatic heterocycles. The average Bonchev–Trinajstić information content (AvgIpc) is 3.15. The number of anilines is 2. The van der Waals surface area contributed by atoms with Gasteiger partial charge in [-0.3, -0.25) is 19.2 Å². The largest absolute Gasteiger partial charge is 0.366 e. The number of piperidine rings is 1. The molecule has 2 aromatic heterocycles. The minimum Gasteiger partial charge on any atom is -0.366 e. The lowest BCUT2D eigenvalue weighted by atomic mass is 9.93. The van der Waals surface area contributed by atoms with Gasteiger partial charge in [0.2, 0.25) is 17.8 Å². The third kappa shape index (κ3) is 5.48. The summed E-state index contributed by atoms with van der Waals surface area (Å²) in [4.78, 5) is 38.3. The van der Waals surface area contributed by atoms with Gasteiger partial charge in [-0.1, -0.05) is 18.6 Å². The second kappa shape index (κ2) is 10.2. The van der Waals surface area contributed by atoms with Gasteiger partial charge in [0, 0.05) is 44.7 Å². The number of carbonyl (C=O) groups excluding carboxylic acids is 2. The van der Waals surface area contributed by atoms with Gasteiger partial charge in [-0.2, -0.15) is 5.10 Å². The summed E-state index contributed by atoms with van der Waals surface area (Å²) < 4.78 is 1.69. The molecule has 0 bridgehead atoms. The van der Waals surface area contributed by atoms with Crippen LogP contribution in [0.2, 0.25) is 0 Å². The van der Waals surface area contributed by atoms with Crippen molar-refractivity contribution >= 4 is 23.5 Å². The van der Waals surface area contributed by atoms with Gasteiger partial charge < -0.3 is 16.0 Å². The molecule has 3 aromatic rings. The van der Waals surface area contributed by atoms with Crippen LogP contribution in [0.15, 0.2) is 36.7 Å². The number of hydrogen-bond acceptors (Lipinski definition) is 7. The van der Waals surface area contributed by atoms with E-state index in [-0.39, 0.29) is 18.5 Å². The van der Waals surface area contributed by atoms with E-state index in [2.05, 4.69) is 20.3 Å². The van der Waals surface area contributed by atoms with E-state index in [0.29, 0.717) is 17.2 Å². The predicted octanol–water partition coefficient (Wildman–Crippen LogP) is 2.52. The van der Waals surface area contributed by atoms with Crippen molar-refractivity contribution in [2.45, 2.75) is 32.2 Å². The maximum atomic E-state index is 13.0. The number of aryl methyl sites for hydroxylation is 2. The molecular formula is C25H32N8O2. The van der Waals surface area contributed by atoms with Gasteiger partial charge in [-0.15, -0.1) is 0 Å². The second-order valence-electron chi connectivity index (χ2n) is 9.14. The second-order valence-corrected chi connectivity index (χ2v) is 9.14. The fourth-order valence-corrected chi connectivity index (χ4v) is 4.50. The Bertz CT molecular complexity index is 1240. The van der Waals surface area contributed by atoms with Crippen molar-refractivity contribution in [3.63, 3.8) is 0 Å². The van der Waals surface area contributed by atoms with Crippen LogP contribution in [0, 0.1) is 6.92 Å². The molecule has 1 aromatic carbocycles. The van der Waals surface area contributed by atoms with Gasteiger partial charge in [0.05, 0.1) is 29.7 Å². The summed E-state index contributed by atoms with van der Waals surface area (Å²) in [6.45, 7) is 2.89. The Morgan fingerprint density at radius 3 is 2.74 bits per heavy atom. The maximum Gasteiger partial charge on any atom is 0.248 e. The van der Waals surface area contributed by atoms with Crippen molar-refractivity contribution in [1.82, 2.24) is 24.6 Å². The molecule has 3 N–H and O–H groups in total. The number of carbonyl (C=O) groups is 2. The molecule has 184 valence electrons. The molecule has 0 radical (unpaired) electrons. The first-order chi connectivity index (χ1) is 16.7. The molecular weight excluding hydrogens is 444 g/mol. The summed E-state index contributed by atoms with van der Waals surface area (Å²) >= 11 is 0. The minimum absolute atomic E-state index is 0.0709. The molecule has 0 saturated carbocycles. The van der Waals surface area contributed by atoms with Gasteiger partial charge in [-0.25, -0.2) is 9.97 Å². The highest BCUT2D eigenvalue weighted by Crippen LogP contribution is 2.36. The Balaban J connectivity index is 1.68. The number of amides is 2. The molecule has 1 saturated heterocycles. The first-order valence-corrected chi connectivity index (χ1v) is 11.7. The van der Waals surface area contributed by atoms with E-state index in [1.807, 2.05) is 39.0 Å². The molecule has 10 nitrogen and oxygen atoms in total. The third-order valence-electron chi connectivity index (χ3n) is 6.23. The van der Waals surface area contributed by atoms with Gasteiger partial charge in [0.25, 0.3) is 0 Å². The van der Waals surface area contributed by atoms with Crippen LogP contribution in [0.1, 0.15) is 47.1 Å². The van der Waals surface area contributed by atoms with Crippen LogP contribution in [-0.4, -0.2) is 63.6 Å². The quantitative estimate of drug-likeness (QED) is 0.537. The number of likely N-dealkylation sites (tertiary alicyclic amines) is 1. The maximum absolute atomic E-state index is 13.0. The van der Waals surface area contributed by atoms with E-state index in [4.69, 9.17) is 10.7 Å². The van der Waals surface area contributed by atoms with Crippen LogP contribution in [0.5, 0.6) is 0 Å². The number of nitrogens with two attached hydrogens (primary N) is 1. The lowest BCUT2D eigenvalue weighted by Crippen LogP contribution is -2.40. The SMILES string of the molecule is Cc1nn(C)cc1NC(=O)CN1CCCC[C@H]1c1nc(N(C)C)ncc1-c1cccc(C(N)=O)c1. The number of primary amides is 1. The van der Waals surface area contributed by atoms with Crippen LogP contribution in [0.3, 0.4) is 0 Å². The highest BCUT2D eigenvalue weighted by atomic mass is 16.2. The van der Waals surface area contributed by atoms with E-state index in [1.54, 1.807) is 35.3 Å². The highest BCUT2D eigenvalue weighted by Gasteiger charge is 2.30. The molecule has 1 atom stereocenters. The lowest BCUT2D eigenvalue weighted by Gasteiger charge is -2.36. The number of aromatic nitrogens is 4. The normalized spacial score (nSPS) is 16.2. The van der Waals surface area contributed by atoms with Crippen molar-refractivity contribution in [2.75, 3.05) is 37.4 Å². The Kier molecular flexibility index (Phi) is 7.11. The first-order valence-electron chi connectivity index (χ1n) is 11.7. The summed E-state index contributed by atoms with van der Waals surface area (Å²) in [6.07, 6.45) is 6.51. The molecule has 1 fully saturated rings. The zero-order valence-corrected chi connectivity index (χ0v) is 20.7. The Morgan fingerprint density at radius 2 is 2.06 bits per heavy atom. The first kappa shape index (κ1) is 24.3. The molecule has 10 heteroatoms. The molecule has 2 amide bonds. The van der Waals surface area contributed by atoms with Crippen molar-refractivity contribution in [3.8, 4) is 11.1 Å². The number of hydrogen-bond donors (Lipinski definition) is 2. The van der Waals surface area contributed by atoms with Gasteiger partial charge in [0.1, 0.15) is 0 Å². The lowest BCUT2D eigenvalue weighted by molar-refractivity contribution is -0.118. The van der Waals surface area contributed by atoms with Crippen molar-refractivity contribution in [2.24, 2.45) is 12.8 Å². The Hall–Kier alpha value is -3.79. The fraction of sp³-hybridized carbons (Fsp3) is 0.400. The van der Waals surface area contributed by atoms with Crippen molar-refractivity contribution < 1.29 is 9.59 Å². The van der Waals surface area contributed by atoms with Crippen molar-refractivity contribution in [1.29, 1.82) is 0 Å². The van der Waals surface area contributed by atoms with Crippen molar-refractivity contribution in [3.05, 3.63) is 53.6 Å². The standard InChI is InChI=1S/C25H32N8O2/c1-16-20(14-32(4)30-16)28-22(34)15-33-11-6-5-10-21(33)23-19(13-27-25(29-23)31(2)3)17-8-7-9-18(12-17)24(26)35/h7-9,12-14,21H,5-6,10-11,15H2,1-4H3,(H2,26,35)(H,28,34)/t21-/m0/s1. The van der Waals surface area contributed by atoms with Crippen LogP contribution < -0.4 is 16.0 Å². The average molecular weight is 477 g/mol. The number of rotatable bonds is 7. The summed E-state index contributed by atoms with van der Waals surface area (Å²) in [5.41, 5.74) is 9.94.